The second-order valence-electron chi connectivity index (χ2n) is 5.37. The molecule has 0 aliphatic heterocycles. The van der Waals surface area contributed by atoms with Gasteiger partial charge in [-0.3, -0.25) is 4.68 Å². The first-order valence-electron chi connectivity index (χ1n) is 7.07. The largest absolute Gasteiger partial charge is 0.369 e. The molecule has 2 rings (SSSR count). The summed E-state index contributed by atoms with van der Waals surface area (Å²) in [6, 6.07) is 0. The van der Waals surface area contributed by atoms with Gasteiger partial charge in [0.15, 0.2) is 0 Å². The average molecular weight is 251 g/mol. The Hall–Kier alpha value is -0.870. The predicted molar refractivity (Wildman–Crippen MR) is 72.1 cm³/mol. The van der Waals surface area contributed by atoms with E-state index in [2.05, 4.69) is 12.0 Å². The van der Waals surface area contributed by atoms with Gasteiger partial charge in [-0.25, -0.2) is 0 Å². The minimum atomic E-state index is -0.000642. The van der Waals surface area contributed by atoms with Crippen LogP contribution in [0.3, 0.4) is 0 Å². The number of ether oxygens (including phenoxy) is 1. The van der Waals surface area contributed by atoms with Crippen molar-refractivity contribution in [2.45, 2.75) is 51.2 Å². The van der Waals surface area contributed by atoms with E-state index in [1.165, 1.54) is 32.1 Å². The van der Waals surface area contributed by atoms with Crippen LogP contribution in [-0.4, -0.2) is 22.4 Å². The van der Waals surface area contributed by atoms with Crippen molar-refractivity contribution in [3.8, 4) is 0 Å². The average Bonchev–Trinajstić information content (AvgIpc) is 2.82. The molecule has 1 heterocycles. The fourth-order valence-corrected chi connectivity index (χ4v) is 2.84. The lowest BCUT2D eigenvalue weighted by Crippen LogP contribution is -2.27. The summed E-state index contributed by atoms with van der Waals surface area (Å²) in [5.74, 6) is 0.830. The van der Waals surface area contributed by atoms with E-state index in [1.807, 2.05) is 19.4 Å². The highest BCUT2D eigenvalue weighted by molar-refractivity contribution is 5.08. The summed E-state index contributed by atoms with van der Waals surface area (Å²) in [7, 11) is 1.92. The van der Waals surface area contributed by atoms with Crippen LogP contribution in [0.15, 0.2) is 12.4 Å². The van der Waals surface area contributed by atoms with Crippen LogP contribution in [-0.2, 0) is 11.8 Å². The van der Waals surface area contributed by atoms with Crippen LogP contribution in [0.5, 0.6) is 0 Å². The molecule has 2 N–H and O–H groups in total. The van der Waals surface area contributed by atoms with E-state index in [0.717, 1.165) is 11.5 Å². The molecule has 1 saturated carbocycles. The quantitative estimate of drug-likeness (QED) is 0.874. The Labute approximate surface area is 110 Å². The Balaban J connectivity index is 1.93. The fraction of sp³-hybridized carbons (Fsp3) is 0.786. The third kappa shape index (κ3) is 3.33. The second-order valence-corrected chi connectivity index (χ2v) is 5.37. The standard InChI is InChI=1S/C14H25N3O/c1-3-11-5-4-6-13(7-11)18-14(8-15)12-9-16-17(2)10-12/h9-11,13-14H,3-8,15H2,1-2H3. The van der Waals surface area contributed by atoms with Crippen molar-refractivity contribution in [1.29, 1.82) is 0 Å². The first-order valence-corrected chi connectivity index (χ1v) is 7.07. The lowest BCUT2D eigenvalue weighted by molar-refractivity contribution is -0.0382. The monoisotopic (exact) mass is 251 g/mol. The van der Waals surface area contributed by atoms with Crippen LogP contribution in [0, 0.1) is 5.92 Å². The summed E-state index contributed by atoms with van der Waals surface area (Å²) in [5.41, 5.74) is 6.93. The second kappa shape index (κ2) is 6.34. The van der Waals surface area contributed by atoms with Gasteiger partial charge in [0.2, 0.25) is 0 Å². The van der Waals surface area contributed by atoms with Gasteiger partial charge in [0.1, 0.15) is 0 Å². The molecule has 0 amide bonds. The van der Waals surface area contributed by atoms with Crippen molar-refractivity contribution in [3.63, 3.8) is 0 Å². The molecular formula is C14H25N3O. The van der Waals surface area contributed by atoms with Gasteiger partial charge in [-0.05, 0) is 18.8 Å². The van der Waals surface area contributed by atoms with Crippen molar-refractivity contribution in [1.82, 2.24) is 9.78 Å². The summed E-state index contributed by atoms with van der Waals surface area (Å²) in [6.45, 7) is 2.80. The summed E-state index contributed by atoms with van der Waals surface area (Å²) in [6.07, 6.45) is 10.5. The zero-order valence-corrected chi connectivity index (χ0v) is 11.5. The third-order valence-electron chi connectivity index (χ3n) is 3.98. The highest BCUT2D eigenvalue weighted by Crippen LogP contribution is 2.31. The molecule has 0 saturated heterocycles. The Morgan fingerprint density at radius 2 is 2.39 bits per heavy atom. The van der Waals surface area contributed by atoms with Crippen LogP contribution in [0.1, 0.15) is 50.7 Å². The van der Waals surface area contributed by atoms with Crippen LogP contribution in [0.4, 0.5) is 0 Å². The molecule has 1 aliphatic rings. The molecule has 0 spiro atoms. The molecule has 1 aromatic heterocycles. The van der Waals surface area contributed by atoms with Gasteiger partial charge >= 0.3 is 0 Å². The van der Waals surface area contributed by atoms with Gasteiger partial charge in [-0.1, -0.05) is 26.2 Å². The fourth-order valence-electron chi connectivity index (χ4n) is 2.84. The highest BCUT2D eigenvalue weighted by atomic mass is 16.5. The van der Waals surface area contributed by atoms with E-state index < -0.39 is 0 Å². The van der Waals surface area contributed by atoms with E-state index in [1.54, 1.807) is 4.68 Å². The van der Waals surface area contributed by atoms with Crippen LogP contribution in [0.25, 0.3) is 0 Å². The van der Waals surface area contributed by atoms with E-state index in [9.17, 15) is 0 Å². The number of aromatic nitrogens is 2. The normalized spacial score (nSPS) is 26.2. The first-order chi connectivity index (χ1) is 8.72. The maximum Gasteiger partial charge on any atom is 0.0981 e. The molecule has 1 aliphatic carbocycles. The number of nitrogens with two attached hydrogens (primary N) is 1. The van der Waals surface area contributed by atoms with E-state index in [0.29, 0.717) is 12.6 Å². The Bertz CT molecular complexity index is 364. The maximum absolute atomic E-state index is 6.19. The molecule has 18 heavy (non-hydrogen) atoms. The van der Waals surface area contributed by atoms with Gasteiger partial charge in [-0.2, -0.15) is 5.10 Å². The summed E-state index contributed by atoms with van der Waals surface area (Å²) < 4.78 is 8.00. The molecular weight excluding hydrogens is 226 g/mol. The molecule has 4 heteroatoms. The van der Waals surface area contributed by atoms with Crippen LogP contribution in [0.2, 0.25) is 0 Å². The molecule has 3 atom stereocenters. The molecule has 102 valence electrons. The number of rotatable bonds is 5. The SMILES string of the molecule is CCC1CCCC(OC(CN)c2cnn(C)c2)C1. The predicted octanol–water partition coefficient (Wildman–Crippen LogP) is 2.41. The van der Waals surface area contributed by atoms with Gasteiger partial charge in [0.25, 0.3) is 0 Å². The third-order valence-corrected chi connectivity index (χ3v) is 3.98. The molecule has 0 aromatic carbocycles. The van der Waals surface area contributed by atoms with Crippen molar-refractivity contribution < 1.29 is 4.74 Å². The summed E-state index contributed by atoms with van der Waals surface area (Å²) in [4.78, 5) is 0. The molecule has 4 nitrogen and oxygen atoms in total. The van der Waals surface area contributed by atoms with Crippen molar-refractivity contribution >= 4 is 0 Å². The van der Waals surface area contributed by atoms with E-state index in [-0.39, 0.29) is 6.10 Å². The number of hydrogen-bond acceptors (Lipinski definition) is 3. The molecule has 3 unspecified atom stereocenters. The maximum atomic E-state index is 6.19. The number of aryl methyl sites for hydroxylation is 1. The van der Waals surface area contributed by atoms with Crippen molar-refractivity contribution in [3.05, 3.63) is 18.0 Å². The molecule has 0 bridgehead atoms. The Morgan fingerprint density at radius 3 is 3.00 bits per heavy atom. The van der Waals surface area contributed by atoms with Crippen molar-refractivity contribution in [2.75, 3.05) is 6.54 Å². The zero-order chi connectivity index (χ0) is 13.0. The lowest BCUT2D eigenvalue weighted by Gasteiger charge is -2.31. The van der Waals surface area contributed by atoms with Gasteiger partial charge in [-0.15, -0.1) is 0 Å². The Kier molecular flexibility index (Phi) is 4.78. The lowest BCUT2D eigenvalue weighted by atomic mass is 9.85. The topological polar surface area (TPSA) is 53.1 Å². The smallest absolute Gasteiger partial charge is 0.0981 e. The minimum absolute atomic E-state index is 0.000642. The molecule has 1 fully saturated rings. The van der Waals surface area contributed by atoms with Gasteiger partial charge < -0.3 is 10.5 Å². The summed E-state index contributed by atoms with van der Waals surface area (Å²) >= 11 is 0. The first kappa shape index (κ1) is 13.6. The van der Waals surface area contributed by atoms with Gasteiger partial charge in [0, 0.05) is 25.4 Å². The minimum Gasteiger partial charge on any atom is -0.369 e. The van der Waals surface area contributed by atoms with E-state index in [4.69, 9.17) is 10.5 Å². The molecule has 0 radical (unpaired) electrons. The Morgan fingerprint density at radius 1 is 1.56 bits per heavy atom. The van der Waals surface area contributed by atoms with Gasteiger partial charge in [0.05, 0.1) is 18.4 Å². The van der Waals surface area contributed by atoms with Crippen LogP contribution >= 0.6 is 0 Å². The highest BCUT2D eigenvalue weighted by Gasteiger charge is 2.24. The van der Waals surface area contributed by atoms with Crippen LogP contribution < -0.4 is 5.73 Å². The summed E-state index contributed by atoms with van der Waals surface area (Å²) in [5, 5.41) is 4.19. The zero-order valence-electron chi connectivity index (χ0n) is 11.5. The molecule has 1 aromatic rings. The number of hydrogen-bond donors (Lipinski definition) is 1. The van der Waals surface area contributed by atoms with Crippen molar-refractivity contribution in [2.24, 2.45) is 18.7 Å². The van der Waals surface area contributed by atoms with E-state index >= 15 is 0 Å². The number of nitrogens with zero attached hydrogens (tertiary/aromatic N) is 2.